The summed E-state index contributed by atoms with van der Waals surface area (Å²) in [6, 6.07) is 11.9. The van der Waals surface area contributed by atoms with Gasteiger partial charge in [-0.15, -0.1) is 11.3 Å². The minimum absolute atomic E-state index is 0.00915. The first-order valence-electron chi connectivity index (χ1n) is 11.3. The van der Waals surface area contributed by atoms with Crippen LogP contribution in [0.1, 0.15) is 23.9 Å². The molecule has 3 aromatic rings. The van der Waals surface area contributed by atoms with Crippen LogP contribution >= 0.6 is 22.9 Å². The van der Waals surface area contributed by atoms with Crippen molar-refractivity contribution in [2.75, 3.05) is 30.8 Å². The van der Waals surface area contributed by atoms with Gasteiger partial charge in [0, 0.05) is 43.9 Å². The lowest BCUT2D eigenvalue weighted by Crippen LogP contribution is -2.40. The number of carbonyl (C=O) groups excluding carboxylic acids is 2. The second-order valence-corrected chi connectivity index (χ2v) is 12.9. The Morgan fingerprint density at radius 3 is 2.64 bits per heavy atom. The number of hydrogen-bond donors (Lipinski definition) is 0. The second-order valence-electron chi connectivity index (χ2n) is 9.19. The van der Waals surface area contributed by atoms with Crippen LogP contribution in [0, 0.1) is 0 Å². The van der Waals surface area contributed by atoms with Crippen LogP contribution in [-0.4, -0.2) is 56.0 Å². The number of carbonyl (C=O) groups is 2. The minimum atomic E-state index is -3.49. The molecular formula is C25H24ClN3O5S2. The van der Waals surface area contributed by atoms with Crippen LogP contribution in [0.5, 0.6) is 11.5 Å². The molecule has 0 aliphatic carbocycles. The zero-order chi connectivity index (χ0) is 25.7. The van der Waals surface area contributed by atoms with Crippen molar-refractivity contribution < 1.29 is 22.7 Å². The molecule has 0 bridgehead atoms. The van der Waals surface area contributed by atoms with E-state index in [-0.39, 0.29) is 28.9 Å². The van der Waals surface area contributed by atoms with Crippen LogP contribution in [-0.2, 0) is 31.3 Å². The number of benzene rings is 2. The standard InChI is InChI=1S/C25H24ClN3O5S2/c1-16(30)28-10-9-25(14-28)15-29(24(31)12-23-27-13-22(26)35-23)19-8-7-17(11-18(19)25)34-20-5-3-4-6-21(20)36(2,32)33/h3-8,11,13H,9-10,12,14-15H2,1-2H3. The summed E-state index contributed by atoms with van der Waals surface area (Å²) >= 11 is 7.27. The zero-order valence-corrected chi connectivity index (χ0v) is 22.1. The number of anilines is 1. The molecule has 2 aliphatic rings. The van der Waals surface area contributed by atoms with Crippen molar-refractivity contribution in [3.8, 4) is 11.5 Å². The molecule has 1 spiro atoms. The van der Waals surface area contributed by atoms with E-state index < -0.39 is 15.3 Å². The largest absolute Gasteiger partial charge is 0.456 e. The molecule has 1 atom stereocenters. The van der Waals surface area contributed by atoms with E-state index in [1.165, 1.54) is 23.6 Å². The van der Waals surface area contributed by atoms with Crippen LogP contribution in [0.4, 0.5) is 5.69 Å². The summed E-state index contributed by atoms with van der Waals surface area (Å²) in [6.45, 7) is 3.07. The topological polar surface area (TPSA) is 96.9 Å². The van der Waals surface area contributed by atoms with Crippen molar-refractivity contribution in [2.45, 2.75) is 30.1 Å². The second kappa shape index (κ2) is 9.17. The van der Waals surface area contributed by atoms with E-state index >= 15 is 0 Å². The van der Waals surface area contributed by atoms with Gasteiger partial charge >= 0.3 is 0 Å². The van der Waals surface area contributed by atoms with E-state index in [0.29, 0.717) is 41.1 Å². The van der Waals surface area contributed by atoms with Crippen molar-refractivity contribution in [1.29, 1.82) is 0 Å². The van der Waals surface area contributed by atoms with Gasteiger partial charge in [0.2, 0.25) is 11.8 Å². The van der Waals surface area contributed by atoms with Crippen LogP contribution in [0.15, 0.2) is 53.6 Å². The Morgan fingerprint density at radius 2 is 1.97 bits per heavy atom. The molecule has 1 unspecified atom stereocenters. The predicted octanol–water partition coefficient (Wildman–Crippen LogP) is 4.07. The Bertz CT molecular complexity index is 1470. The highest BCUT2D eigenvalue weighted by molar-refractivity contribution is 7.90. The number of fused-ring (bicyclic) bond motifs is 2. The number of rotatable bonds is 5. The number of sulfone groups is 1. The van der Waals surface area contributed by atoms with Gasteiger partial charge in [-0.1, -0.05) is 23.7 Å². The third-order valence-electron chi connectivity index (χ3n) is 6.70. The summed E-state index contributed by atoms with van der Waals surface area (Å²) in [6.07, 6.45) is 3.51. The van der Waals surface area contributed by atoms with Gasteiger partial charge in [-0.3, -0.25) is 9.59 Å². The molecule has 0 radical (unpaired) electrons. The van der Waals surface area contributed by atoms with Crippen LogP contribution in [0.3, 0.4) is 0 Å². The van der Waals surface area contributed by atoms with Gasteiger partial charge in [-0.2, -0.15) is 0 Å². The first kappa shape index (κ1) is 24.7. The number of nitrogens with zero attached hydrogens (tertiary/aromatic N) is 3. The number of likely N-dealkylation sites (tertiary alicyclic amines) is 1. The number of aromatic nitrogens is 1. The quantitative estimate of drug-likeness (QED) is 0.479. The van der Waals surface area contributed by atoms with Gasteiger partial charge < -0.3 is 14.5 Å². The van der Waals surface area contributed by atoms with Crippen molar-refractivity contribution in [1.82, 2.24) is 9.88 Å². The van der Waals surface area contributed by atoms with Crippen LogP contribution in [0.25, 0.3) is 0 Å². The van der Waals surface area contributed by atoms with Gasteiger partial charge in [-0.25, -0.2) is 13.4 Å². The third kappa shape index (κ3) is 4.60. The fourth-order valence-electron chi connectivity index (χ4n) is 4.99. The molecule has 1 saturated heterocycles. The maximum Gasteiger partial charge on any atom is 0.233 e. The van der Waals surface area contributed by atoms with Gasteiger partial charge in [0.1, 0.15) is 25.7 Å². The normalized spacial score (nSPS) is 19.1. The lowest BCUT2D eigenvalue weighted by Gasteiger charge is -2.25. The molecule has 188 valence electrons. The molecule has 2 amide bonds. The monoisotopic (exact) mass is 545 g/mol. The Morgan fingerprint density at radius 1 is 1.19 bits per heavy atom. The molecule has 1 fully saturated rings. The summed E-state index contributed by atoms with van der Waals surface area (Å²) in [7, 11) is -3.49. The highest BCUT2D eigenvalue weighted by atomic mass is 35.5. The van der Waals surface area contributed by atoms with E-state index in [2.05, 4.69) is 4.98 Å². The lowest BCUT2D eigenvalue weighted by molar-refractivity contribution is -0.127. The number of halogens is 1. The van der Waals surface area contributed by atoms with Crippen LogP contribution in [0.2, 0.25) is 4.34 Å². The molecule has 1 aromatic heterocycles. The highest BCUT2D eigenvalue weighted by Gasteiger charge is 2.49. The van der Waals surface area contributed by atoms with E-state index in [4.69, 9.17) is 16.3 Å². The highest BCUT2D eigenvalue weighted by Crippen LogP contribution is 2.48. The molecular weight excluding hydrogens is 522 g/mol. The van der Waals surface area contributed by atoms with Gasteiger partial charge in [0.25, 0.3) is 0 Å². The van der Waals surface area contributed by atoms with E-state index in [1.807, 2.05) is 12.1 Å². The average molecular weight is 546 g/mol. The number of hydrogen-bond acceptors (Lipinski definition) is 7. The van der Waals surface area contributed by atoms with E-state index in [9.17, 15) is 18.0 Å². The molecule has 2 aliphatic heterocycles. The van der Waals surface area contributed by atoms with Crippen molar-refractivity contribution in [2.24, 2.45) is 0 Å². The average Bonchev–Trinajstić information content (AvgIpc) is 3.52. The van der Waals surface area contributed by atoms with Crippen molar-refractivity contribution in [3.05, 3.63) is 63.6 Å². The molecule has 0 saturated carbocycles. The summed E-state index contributed by atoms with van der Waals surface area (Å²) in [5.74, 6) is 0.588. The summed E-state index contributed by atoms with van der Waals surface area (Å²) in [4.78, 5) is 33.3. The van der Waals surface area contributed by atoms with E-state index in [0.717, 1.165) is 17.5 Å². The Kier molecular flexibility index (Phi) is 6.30. The SMILES string of the molecule is CC(=O)N1CCC2(C1)CN(C(=O)Cc1ncc(Cl)s1)c1ccc(Oc3ccccc3S(C)(=O)=O)cc12. The molecule has 0 N–H and O–H groups in total. The lowest BCUT2D eigenvalue weighted by atomic mass is 9.81. The number of amides is 2. The first-order valence-corrected chi connectivity index (χ1v) is 14.4. The Labute approximate surface area is 218 Å². The van der Waals surface area contributed by atoms with Crippen LogP contribution < -0.4 is 9.64 Å². The fourth-order valence-corrected chi connectivity index (χ4v) is 6.74. The third-order valence-corrected chi connectivity index (χ3v) is 8.95. The number of ether oxygens (including phenoxy) is 1. The molecule has 36 heavy (non-hydrogen) atoms. The Balaban J connectivity index is 1.51. The molecule has 5 rings (SSSR count). The van der Waals surface area contributed by atoms with Gasteiger partial charge in [0.05, 0.1) is 12.6 Å². The maximum absolute atomic E-state index is 13.3. The summed E-state index contributed by atoms with van der Waals surface area (Å²) < 4.78 is 31.0. The number of thiazole rings is 1. The first-order chi connectivity index (χ1) is 17.1. The summed E-state index contributed by atoms with van der Waals surface area (Å²) in [5.41, 5.74) is 1.23. The van der Waals surface area contributed by atoms with Crippen molar-refractivity contribution in [3.63, 3.8) is 0 Å². The van der Waals surface area contributed by atoms with Gasteiger partial charge in [-0.05, 0) is 42.3 Å². The number of para-hydroxylation sites is 1. The molecule has 11 heteroatoms. The van der Waals surface area contributed by atoms with E-state index in [1.54, 1.807) is 41.0 Å². The minimum Gasteiger partial charge on any atom is -0.456 e. The smallest absolute Gasteiger partial charge is 0.233 e. The molecule has 3 heterocycles. The predicted molar refractivity (Wildman–Crippen MR) is 138 cm³/mol. The summed E-state index contributed by atoms with van der Waals surface area (Å²) in [5, 5.41) is 0.640. The fraction of sp³-hybridized carbons (Fsp3) is 0.320. The zero-order valence-electron chi connectivity index (χ0n) is 19.7. The van der Waals surface area contributed by atoms with Crippen molar-refractivity contribution >= 4 is 50.3 Å². The molecule has 8 nitrogen and oxygen atoms in total. The van der Waals surface area contributed by atoms with Gasteiger partial charge in [0.15, 0.2) is 9.84 Å². The molecule has 2 aromatic carbocycles. The Hall–Kier alpha value is -2.95. The maximum atomic E-state index is 13.3.